The minimum atomic E-state index is -1.03. The van der Waals surface area contributed by atoms with Gasteiger partial charge in [-0.25, -0.2) is 4.39 Å². The molecule has 1 nitrogen and oxygen atoms in total. The normalized spacial score (nSPS) is 24.7. The second-order valence-corrected chi connectivity index (χ2v) is 6.38. The van der Waals surface area contributed by atoms with Crippen molar-refractivity contribution in [1.29, 1.82) is 0 Å². The Kier molecular flexibility index (Phi) is 2.90. The summed E-state index contributed by atoms with van der Waals surface area (Å²) in [7, 11) is 0. The molecule has 2 aliphatic rings. The first-order chi connectivity index (χ1) is 10.2. The zero-order chi connectivity index (χ0) is 14.4. The van der Waals surface area contributed by atoms with E-state index >= 15 is 0 Å². The Morgan fingerprint density at radius 3 is 2.48 bits per heavy atom. The van der Waals surface area contributed by atoms with Crippen molar-refractivity contribution in [3.63, 3.8) is 0 Å². The van der Waals surface area contributed by atoms with Gasteiger partial charge in [0.15, 0.2) is 0 Å². The molecule has 21 heavy (non-hydrogen) atoms. The predicted molar refractivity (Wildman–Crippen MR) is 80.8 cm³/mol. The molecule has 0 aromatic heterocycles. The van der Waals surface area contributed by atoms with Gasteiger partial charge in [-0.3, -0.25) is 0 Å². The zero-order valence-electron chi connectivity index (χ0n) is 12.0. The van der Waals surface area contributed by atoms with Gasteiger partial charge < -0.3 is 5.11 Å². The molecular formula is C19H19FO. The Balaban J connectivity index is 1.72. The van der Waals surface area contributed by atoms with Gasteiger partial charge in [-0.2, -0.15) is 0 Å². The van der Waals surface area contributed by atoms with Crippen molar-refractivity contribution in [2.24, 2.45) is 0 Å². The lowest BCUT2D eigenvalue weighted by atomic mass is 9.79. The van der Waals surface area contributed by atoms with Crippen molar-refractivity contribution in [2.45, 2.75) is 43.6 Å². The Bertz CT molecular complexity index is 672. The third-order valence-corrected chi connectivity index (χ3v) is 5.27. The average Bonchev–Trinajstić information content (AvgIpc) is 2.78. The van der Waals surface area contributed by atoms with Crippen LogP contribution in [0.1, 0.15) is 53.9 Å². The first kappa shape index (κ1) is 13.0. The van der Waals surface area contributed by atoms with Gasteiger partial charge in [-0.1, -0.05) is 42.8 Å². The lowest BCUT2D eigenvalue weighted by Crippen LogP contribution is -2.24. The average molecular weight is 282 g/mol. The number of benzene rings is 2. The summed E-state index contributed by atoms with van der Waals surface area (Å²) in [6, 6.07) is 13.3. The first-order valence-electron chi connectivity index (χ1n) is 7.79. The van der Waals surface area contributed by atoms with Gasteiger partial charge in [-0.15, -0.1) is 0 Å². The molecule has 2 heteroatoms. The number of aliphatic hydroxyl groups is 1. The molecule has 0 radical (unpaired) electrons. The molecule has 1 saturated carbocycles. The summed E-state index contributed by atoms with van der Waals surface area (Å²) in [6.07, 6.45) is 5.03. The molecule has 1 fully saturated rings. The van der Waals surface area contributed by atoms with E-state index in [0.717, 1.165) is 11.1 Å². The standard InChI is InChI=1S/C19H19FO/c20-18-6-2-5-17-16(18)11-12-19(17,21)15-9-7-14(8-10-15)13-3-1-4-13/h2,5-10,13,21H,1,3-4,11-12H2. The summed E-state index contributed by atoms with van der Waals surface area (Å²) in [6.45, 7) is 0. The van der Waals surface area contributed by atoms with Crippen LogP contribution in [0.4, 0.5) is 4.39 Å². The fourth-order valence-corrected chi connectivity index (χ4v) is 3.71. The number of halogens is 1. The summed E-state index contributed by atoms with van der Waals surface area (Å²) < 4.78 is 13.9. The summed E-state index contributed by atoms with van der Waals surface area (Å²) in [5, 5.41) is 11.1. The number of hydrogen-bond acceptors (Lipinski definition) is 1. The molecule has 4 rings (SSSR count). The summed E-state index contributed by atoms with van der Waals surface area (Å²) >= 11 is 0. The fraction of sp³-hybridized carbons (Fsp3) is 0.368. The van der Waals surface area contributed by atoms with Gasteiger partial charge in [0.2, 0.25) is 0 Å². The van der Waals surface area contributed by atoms with Gasteiger partial charge >= 0.3 is 0 Å². The molecule has 0 heterocycles. The molecule has 2 aromatic rings. The molecular weight excluding hydrogens is 263 g/mol. The molecule has 0 spiro atoms. The molecule has 108 valence electrons. The highest BCUT2D eigenvalue weighted by Gasteiger charge is 2.39. The topological polar surface area (TPSA) is 20.2 Å². The lowest BCUT2D eigenvalue weighted by molar-refractivity contribution is 0.0829. The van der Waals surface area contributed by atoms with E-state index in [1.54, 1.807) is 6.07 Å². The second-order valence-electron chi connectivity index (χ2n) is 6.38. The summed E-state index contributed by atoms with van der Waals surface area (Å²) in [5.41, 5.74) is 2.62. The van der Waals surface area contributed by atoms with Gasteiger partial charge in [-0.05, 0) is 59.9 Å². The van der Waals surface area contributed by atoms with Crippen LogP contribution >= 0.6 is 0 Å². The quantitative estimate of drug-likeness (QED) is 0.872. The van der Waals surface area contributed by atoms with Crippen LogP contribution < -0.4 is 0 Å². The van der Waals surface area contributed by atoms with Crippen molar-refractivity contribution in [2.75, 3.05) is 0 Å². The minimum Gasteiger partial charge on any atom is -0.380 e. The largest absolute Gasteiger partial charge is 0.380 e. The third-order valence-electron chi connectivity index (χ3n) is 5.27. The third kappa shape index (κ3) is 1.93. The monoisotopic (exact) mass is 282 g/mol. The molecule has 1 atom stereocenters. The number of hydrogen-bond donors (Lipinski definition) is 1. The SMILES string of the molecule is OC1(c2ccc(C3CCC3)cc2)CCc2c(F)cccc21. The van der Waals surface area contributed by atoms with E-state index < -0.39 is 5.60 Å². The molecule has 2 aliphatic carbocycles. The van der Waals surface area contributed by atoms with E-state index in [2.05, 4.69) is 12.1 Å². The highest BCUT2D eigenvalue weighted by molar-refractivity contribution is 5.46. The number of rotatable bonds is 2. The van der Waals surface area contributed by atoms with Gasteiger partial charge in [0.1, 0.15) is 11.4 Å². The predicted octanol–water partition coefficient (Wildman–Crippen LogP) is 4.28. The van der Waals surface area contributed by atoms with Crippen LogP contribution in [0.5, 0.6) is 0 Å². The summed E-state index contributed by atoms with van der Waals surface area (Å²) in [5.74, 6) is 0.497. The molecule has 0 saturated heterocycles. The molecule has 1 N–H and O–H groups in total. The first-order valence-corrected chi connectivity index (χ1v) is 7.79. The van der Waals surface area contributed by atoms with Crippen LogP contribution in [0.3, 0.4) is 0 Å². The summed E-state index contributed by atoms with van der Waals surface area (Å²) in [4.78, 5) is 0. The van der Waals surface area contributed by atoms with Gasteiger partial charge in [0.25, 0.3) is 0 Å². The molecule has 0 bridgehead atoms. The molecule has 0 aliphatic heterocycles. The molecule has 0 amide bonds. The Hall–Kier alpha value is -1.67. The lowest BCUT2D eigenvalue weighted by Gasteiger charge is -2.28. The van der Waals surface area contributed by atoms with Crippen LogP contribution in [0.15, 0.2) is 42.5 Å². The van der Waals surface area contributed by atoms with E-state index in [0.29, 0.717) is 24.3 Å². The van der Waals surface area contributed by atoms with Gasteiger partial charge in [0.05, 0.1) is 0 Å². The van der Waals surface area contributed by atoms with Crippen molar-refractivity contribution < 1.29 is 9.50 Å². The smallest absolute Gasteiger partial charge is 0.126 e. The highest BCUT2D eigenvalue weighted by Crippen LogP contribution is 2.43. The molecule has 2 aromatic carbocycles. The van der Waals surface area contributed by atoms with Crippen molar-refractivity contribution in [1.82, 2.24) is 0 Å². The van der Waals surface area contributed by atoms with E-state index in [9.17, 15) is 9.50 Å². The van der Waals surface area contributed by atoms with E-state index in [1.165, 1.54) is 30.9 Å². The van der Waals surface area contributed by atoms with Crippen LogP contribution in [-0.2, 0) is 12.0 Å². The van der Waals surface area contributed by atoms with Crippen LogP contribution in [0.2, 0.25) is 0 Å². The zero-order valence-corrected chi connectivity index (χ0v) is 12.0. The van der Waals surface area contributed by atoms with Crippen LogP contribution in [-0.4, -0.2) is 5.11 Å². The van der Waals surface area contributed by atoms with Crippen molar-refractivity contribution in [3.8, 4) is 0 Å². The van der Waals surface area contributed by atoms with E-state index in [4.69, 9.17) is 0 Å². The Labute approximate surface area is 124 Å². The molecule has 1 unspecified atom stereocenters. The van der Waals surface area contributed by atoms with E-state index in [-0.39, 0.29) is 5.82 Å². The van der Waals surface area contributed by atoms with Gasteiger partial charge in [0, 0.05) is 0 Å². The van der Waals surface area contributed by atoms with Crippen molar-refractivity contribution >= 4 is 0 Å². The van der Waals surface area contributed by atoms with Crippen LogP contribution in [0, 0.1) is 5.82 Å². The Morgan fingerprint density at radius 2 is 1.81 bits per heavy atom. The Morgan fingerprint density at radius 1 is 1.05 bits per heavy atom. The maximum atomic E-state index is 13.9. The second kappa shape index (κ2) is 4.67. The van der Waals surface area contributed by atoms with Crippen LogP contribution in [0.25, 0.3) is 0 Å². The maximum absolute atomic E-state index is 13.9. The fourth-order valence-electron chi connectivity index (χ4n) is 3.71. The highest BCUT2D eigenvalue weighted by atomic mass is 19.1. The maximum Gasteiger partial charge on any atom is 0.126 e. The van der Waals surface area contributed by atoms with E-state index in [1.807, 2.05) is 18.2 Å². The van der Waals surface area contributed by atoms with Crippen molar-refractivity contribution in [3.05, 3.63) is 70.5 Å². The number of fused-ring (bicyclic) bond motifs is 1. The minimum absolute atomic E-state index is 0.200.